The highest BCUT2D eigenvalue weighted by molar-refractivity contribution is 9.10. The monoisotopic (exact) mass is 331 g/mol. The summed E-state index contributed by atoms with van der Waals surface area (Å²) in [5, 5.41) is 0. The predicted octanol–water partition coefficient (Wildman–Crippen LogP) is 4.21. The Labute approximate surface area is 126 Å². The van der Waals surface area contributed by atoms with E-state index in [1.807, 2.05) is 36.1 Å². The maximum Gasteiger partial charge on any atom is 0.233 e. The van der Waals surface area contributed by atoms with E-state index >= 15 is 0 Å². The number of halogens is 1. The smallest absolute Gasteiger partial charge is 0.233 e. The molecule has 0 spiro atoms. The minimum Gasteiger partial charge on any atom is -0.436 e. The van der Waals surface area contributed by atoms with Crippen molar-refractivity contribution in [3.63, 3.8) is 0 Å². The van der Waals surface area contributed by atoms with Crippen LogP contribution in [0.5, 0.6) is 0 Å². The van der Waals surface area contributed by atoms with Gasteiger partial charge >= 0.3 is 0 Å². The van der Waals surface area contributed by atoms with Crippen LogP contribution in [0.15, 0.2) is 45.5 Å². The van der Waals surface area contributed by atoms with Crippen LogP contribution >= 0.6 is 15.9 Å². The molecule has 3 aromatic rings. The zero-order chi connectivity index (χ0) is 14.3. The van der Waals surface area contributed by atoms with Gasteiger partial charge in [0.2, 0.25) is 5.89 Å². The number of fused-ring (bicyclic) bond motifs is 1. The van der Waals surface area contributed by atoms with Gasteiger partial charge in [0.05, 0.1) is 4.47 Å². The number of pyridine rings is 1. The van der Waals surface area contributed by atoms with Crippen molar-refractivity contribution < 1.29 is 8.98 Å². The maximum atomic E-state index is 5.85. The van der Waals surface area contributed by atoms with Crippen molar-refractivity contribution >= 4 is 27.0 Å². The van der Waals surface area contributed by atoms with Crippen molar-refractivity contribution in [3.8, 4) is 11.5 Å². The van der Waals surface area contributed by atoms with E-state index in [-0.39, 0.29) is 0 Å². The summed E-state index contributed by atoms with van der Waals surface area (Å²) in [4.78, 5) is 4.61. The third-order valence-corrected chi connectivity index (χ3v) is 3.72. The molecule has 0 aliphatic heterocycles. The number of aryl methyl sites for hydroxylation is 1. The van der Waals surface area contributed by atoms with Gasteiger partial charge in [-0.15, -0.1) is 0 Å². The van der Waals surface area contributed by atoms with Crippen LogP contribution in [0.2, 0.25) is 0 Å². The van der Waals surface area contributed by atoms with Crippen LogP contribution < -0.4 is 4.57 Å². The van der Waals surface area contributed by atoms with Crippen LogP contribution in [0.25, 0.3) is 22.6 Å². The summed E-state index contributed by atoms with van der Waals surface area (Å²) in [6.45, 7) is 4.35. The molecule has 0 atom stereocenters. The highest BCUT2D eigenvalue weighted by Crippen LogP contribution is 2.27. The highest BCUT2D eigenvalue weighted by Gasteiger charge is 2.13. The fraction of sp³-hybridized carbons (Fsp3) is 0.250. The number of benzene rings is 1. The SMILES string of the molecule is CC(C)c1ccc2oc(-c3cc(Br)c[n+](C)c3)nc2c1. The molecule has 4 heteroatoms. The first-order valence-corrected chi connectivity index (χ1v) is 7.39. The van der Waals surface area contributed by atoms with E-state index in [0.29, 0.717) is 11.8 Å². The van der Waals surface area contributed by atoms with Gasteiger partial charge in [0.25, 0.3) is 0 Å². The molecule has 0 fully saturated rings. The second-order valence-corrected chi connectivity index (χ2v) is 6.22. The molecule has 0 bridgehead atoms. The first kappa shape index (κ1) is 13.3. The topological polar surface area (TPSA) is 29.9 Å². The Balaban J connectivity index is 2.12. The summed E-state index contributed by atoms with van der Waals surface area (Å²) in [7, 11) is 1.98. The van der Waals surface area contributed by atoms with E-state index in [4.69, 9.17) is 4.42 Å². The van der Waals surface area contributed by atoms with Crippen molar-refractivity contribution in [3.05, 3.63) is 46.7 Å². The van der Waals surface area contributed by atoms with Crippen molar-refractivity contribution in [1.82, 2.24) is 4.98 Å². The molecule has 0 saturated heterocycles. The Kier molecular flexibility index (Phi) is 3.34. The second-order valence-electron chi connectivity index (χ2n) is 5.31. The number of hydrogen-bond donors (Lipinski definition) is 0. The van der Waals surface area contributed by atoms with E-state index in [9.17, 15) is 0 Å². The van der Waals surface area contributed by atoms with Gasteiger partial charge < -0.3 is 4.42 Å². The van der Waals surface area contributed by atoms with Gasteiger partial charge in [0, 0.05) is 0 Å². The molecule has 2 heterocycles. The van der Waals surface area contributed by atoms with Gasteiger partial charge in [-0.3, -0.25) is 0 Å². The number of aromatic nitrogens is 2. The average molecular weight is 332 g/mol. The van der Waals surface area contributed by atoms with Gasteiger partial charge in [-0.05, 0) is 45.6 Å². The van der Waals surface area contributed by atoms with Crippen LogP contribution in [0.1, 0.15) is 25.3 Å². The Hall–Kier alpha value is -1.68. The van der Waals surface area contributed by atoms with E-state index < -0.39 is 0 Å². The minimum atomic E-state index is 0.489. The molecule has 0 saturated carbocycles. The summed E-state index contributed by atoms with van der Waals surface area (Å²) in [5.41, 5.74) is 3.97. The summed E-state index contributed by atoms with van der Waals surface area (Å²) in [5.74, 6) is 1.14. The normalized spacial score (nSPS) is 11.4. The first-order valence-electron chi connectivity index (χ1n) is 6.59. The van der Waals surface area contributed by atoms with Gasteiger partial charge in [-0.1, -0.05) is 19.9 Å². The second kappa shape index (κ2) is 5.02. The number of nitrogens with zero attached hydrogens (tertiary/aromatic N) is 2. The molecule has 0 aliphatic rings. The molecule has 0 aliphatic carbocycles. The van der Waals surface area contributed by atoms with Crippen molar-refractivity contribution in [1.29, 1.82) is 0 Å². The zero-order valence-electron chi connectivity index (χ0n) is 11.7. The van der Waals surface area contributed by atoms with E-state index in [1.54, 1.807) is 0 Å². The van der Waals surface area contributed by atoms with Crippen LogP contribution in [-0.4, -0.2) is 4.98 Å². The van der Waals surface area contributed by atoms with Crippen LogP contribution in [-0.2, 0) is 7.05 Å². The molecule has 20 heavy (non-hydrogen) atoms. The van der Waals surface area contributed by atoms with Crippen molar-refractivity contribution in [2.45, 2.75) is 19.8 Å². The van der Waals surface area contributed by atoms with Crippen LogP contribution in [0.3, 0.4) is 0 Å². The largest absolute Gasteiger partial charge is 0.436 e. The molecule has 0 amide bonds. The number of oxazole rings is 1. The predicted molar refractivity (Wildman–Crippen MR) is 82.4 cm³/mol. The Bertz CT molecular complexity index is 757. The Morgan fingerprint density at radius 1 is 1.20 bits per heavy atom. The van der Waals surface area contributed by atoms with Gasteiger partial charge in [-0.25, -0.2) is 9.55 Å². The fourth-order valence-electron chi connectivity index (χ4n) is 2.22. The molecule has 0 unspecified atom stereocenters. The molecule has 3 nitrogen and oxygen atoms in total. The standard InChI is InChI=1S/C16H16BrN2O/c1-10(2)11-4-5-15-14(7-11)18-16(20-15)12-6-13(17)9-19(3)8-12/h4-10H,1-3H3/q+1. The third-order valence-electron chi connectivity index (χ3n) is 3.29. The average Bonchev–Trinajstić information content (AvgIpc) is 2.80. The van der Waals surface area contributed by atoms with Gasteiger partial charge in [-0.2, -0.15) is 0 Å². The Morgan fingerprint density at radius 2 is 2.00 bits per heavy atom. The van der Waals surface area contributed by atoms with E-state index in [1.165, 1.54) is 5.56 Å². The molecule has 2 aromatic heterocycles. The van der Waals surface area contributed by atoms with E-state index in [0.717, 1.165) is 21.1 Å². The summed E-state index contributed by atoms with van der Waals surface area (Å²) < 4.78 is 8.84. The lowest BCUT2D eigenvalue weighted by Crippen LogP contribution is -2.26. The molecule has 0 radical (unpaired) electrons. The lowest BCUT2D eigenvalue weighted by molar-refractivity contribution is -0.671. The van der Waals surface area contributed by atoms with Gasteiger partial charge in [0.15, 0.2) is 18.0 Å². The Morgan fingerprint density at radius 3 is 2.70 bits per heavy atom. The molecular weight excluding hydrogens is 316 g/mol. The number of rotatable bonds is 2. The zero-order valence-corrected chi connectivity index (χ0v) is 13.3. The van der Waals surface area contributed by atoms with Crippen molar-refractivity contribution in [2.75, 3.05) is 0 Å². The van der Waals surface area contributed by atoms with Crippen LogP contribution in [0.4, 0.5) is 0 Å². The molecular formula is C16H16BrN2O+. The quantitative estimate of drug-likeness (QED) is 0.658. The molecule has 102 valence electrons. The van der Waals surface area contributed by atoms with E-state index in [2.05, 4.69) is 46.9 Å². The van der Waals surface area contributed by atoms with Crippen molar-refractivity contribution in [2.24, 2.45) is 7.05 Å². The number of hydrogen-bond acceptors (Lipinski definition) is 2. The summed E-state index contributed by atoms with van der Waals surface area (Å²) in [6.07, 6.45) is 3.99. The highest BCUT2D eigenvalue weighted by atomic mass is 79.9. The summed E-state index contributed by atoms with van der Waals surface area (Å²) in [6, 6.07) is 8.21. The summed E-state index contributed by atoms with van der Waals surface area (Å²) >= 11 is 3.49. The third kappa shape index (κ3) is 2.48. The molecule has 3 rings (SSSR count). The van der Waals surface area contributed by atoms with Crippen LogP contribution in [0, 0.1) is 0 Å². The maximum absolute atomic E-state index is 5.85. The molecule has 1 aromatic carbocycles. The first-order chi connectivity index (χ1) is 9.52. The molecule has 0 N–H and O–H groups in total. The lowest BCUT2D eigenvalue weighted by Gasteiger charge is -2.02. The van der Waals surface area contributed by atoms with Gasteiger partial charge in [0.1, 0.15) is 18.1 Å². The fourth-order valence-corrected chi connectivity index (χ4v) is 2.79. The minimum absolute atomic E-state index is 0.489. The lowest BCUT2D eigenvalue weighted by atomic mass is 10.0.